The van der Waals surface area contributed by atoms with Crippen LogP contribution in [0.1, 0.15) is 41.3 Å². The molecular formula is C22H27N2O3+. The lowest BCUT2D eigenvalue weighted by Gasteiger charge is -2.23. The fraction of sp³-hybridized carbons (Fsp3) is 0.409. The first-order chi connectivity index (χ1) is 13.1. The van der Waals surface area contributed by atoms with E-state index in [9.17, 15) is 4.79 Å². The van der Waals surface area contributed by atoms with E-state index >= 15 is 0 Å². The normalized spacial score (nSPS) is 16.1. The van der Waals surface area contributed by atoms with Crippen molar-refractivity contribution in [2.24, 2.45) is 0 Å². The minimum Gasteiger partial charge on any atom is -0.464 e. The second-order valence-corrected chi connectivity index (χ2v) is 7.56. The lowest BCUT2D eigenvalue weighted by molar-refractivity contribution is -0.919. The molecule has 3 aromatic rings. The number of amides is 1. The van der Waals surface area contributed by atoms with E-state index in [1.54, 1.807) is 12.5 Å². The topological polar surface area (TPSA) is 59.8 Å². The molecule has 2 N–H and O–H groups in total. The number of benzene rings is 1. The van der Waals surface area contributed by atoms with Crippen LogP contribution >= 0.6 is 0 Å². The standard InChI is InChI=1S/C22H26N2O3/c1-15-7-8-18-17(14-27-22(18)16(15)2)12-21(25)23-13-19(20-6-5-11-26-20)24-9-3-4-10-24/h5-8,11,14,19H,3-4,9-10,12-13H2,1-2H3,(H,23,25)/p+1/t19-/m0/s1. The molecule has 1 saturated heterocycles. The van der Waals surface area contributed by atoms with Crippen LogP contribution in [0, 0.1) is 13.8 Å². The maximum absolute atomic E-state index is 12.6. The van der Waals surface area contributed by atoms with Crippen LogP contribution in [0.5, 0.6) is 0 Å². The fourth-order valence-corrected chi connectivity index (χ4v) is 4.09. The van der Waals surface area contributed by atoms with E-state index < -0.39 is 0 Å². The van der Waals surface area contributed by atoms with Gasteiger partial charge in [-0.15, -0.1) is 0 Å². The van der Waals surface area contributed by atoms with Crippen molar-refractivity contribution in [3.8, 4) is 0 Å². The molecule has 5 nitrogen and oxygen atoms in total. The average molecular weight is 367 g/mol. The molecule has 142 valence electrons. The Bertz CT molecular complexity index is 921. The minimum absolute atomic E-state index is 0.0195. The van der Waals surface area contributed by atoms with Gasteiger partial charge in [0.25, 0.3) is 0 Å². The van der Waals surface area contributed by atoms with Crippen molar-refractivity contribution in [2.75, 3.05) is 19.6 Å². The summed E-state index contributed by atoms with van der Waals surface area (Å²) in [7, 11) is 0. The Morgan fingerprint density at radius 2 is 2.00 bits per heavy atom. The summed E-state index contributed by atoms with van der Waals surface area (Å²) in [5.41, 5.74) is 4.15. The number of quaternary nitrogens is 1. The second-order valence-electron chi connectivity index (χ2n) is 7.56. The lowest BCUT2D eigenvalue weighted by atomic mass is 10.0. The predicted octanol–water partition coefficient (Wildman–Crippen LogP) is 2.72. The van der Waals surface area contributed by atoms with Crippen LogP contribution in [0.15, 0.2) is 45.6 Å². The van der Waals surface area contributed by atoms with Crippen molar-refractivity contribution in [3.05, 3.63) is 59.2 Å². The number of carbonyl (C=O) groups excluding carboxylic acids is 1. The lowest BCUT2D eigenvalue weighted by Crippen LogP contribution is -3.11. The third kappa shape index (κ3) is 3.65. The van der Waals surface area contributed by atoms with E-state index in [-0.39, 0.29) is 11.9 Å². The van der Waals surface area contributed by atoms with Gasteiger partial charge in [-0.3, -0.25) is 4.79 Å². The summed E-state index contributed by atoms with van der Waals surface area (Å²) in [4.78, 5) is 14.1. The van der Waals surface area contributed by atoms with Crippen molar-refractivity contribution in [3.63, 3.8) is 0 Å². The molecule has 5 heteroatoms. The van der Waals surface area contributed by atoms with Gasteiger partial charge in [0.05, 0.1) is 38.6 Å². The molecule has 0 spiro atoms. The van der Waals surface area contributed by atoms with Crippen molar-refractivity contribution in [2.45, 2.75) is 39.2 Å². The van der Waals surface area contributed by atoms with Crippen LogP contribution in [-0.4, -0.2) is 25.5 Å². The van der Waals surface area contributed by atoms with Gasteiger partial charge >= 0.3 is 0 Å². The van der Waals surface area contributed by atoms with Gasteiger partial charge in [0.1, 0.15) is 5.58 Å². The maximum atomic E-state index is 12.6. The van der Waals surface area contributed by atoms with Crippen molar-refractivity contribution in [1.29, 1.82) is 0 Å². The van der Waals surface area contributed by atoms with E-state index in [0.29, 0.717) is 13.0 Å². The molecular weight excluding hydrogens is 340 g/mol. The number of rotatable bonds is 6. The average Bonchev–Trinajstić information content (AvgIpc) is 3.41. The molecule has 2 aromatic heterocycles. The Morgan fingerprint density at radius 3 is 2.74 bits per heavy atom. The van der Waals surface area contributed by atoms with E-state index in [1.165, 1.54) is 23.3 Å². The van der Waals surface area contributed by atoms with Gasteiger partial charge in [-0.25, -0.2) is 0 Å². The molecule has 3 heterocycles. The van der Waals surface area contributed by atoms with Crippen molar-refractivity contribution < 1.29 is 18.5 Å². The van der Waals surface area contributed by atoms with E-state index in [4.69, 9.17) is 8.83 Å². The molecule has 1 fully saturated rings. The molecule has 1 amide bonds. The van der Waals surface area contributed by atoms with Gasteiger partial charge in [0.2, 0.25) is 5.91 Å². The summed E-state index contributed by atoms with van der Waals surface area (Å²) < 4.78 is 11.4. The summed E-state index contributed by atoms with van der Waals surface area (Å²) in [5, 5.41) is 4.14. The van der Waals surface area contributed by atoms with Gasteiger partial charge in [-0.1, -0.05) is 12.1 Å². The largest absolute Gasteiger partial charge is 0.464 e. The van der Waals surface area contributed by atoms with Crippen molar-refractivity contribution in [1.82, 2.24) is 5.32 Å². The monoisotopic (exact) mass is 367 g/mol. The molecule has 4 rings (SSSR count). The maximum Gasteiger partial charge on any atom is 0.224 e. The van der Waals surface area contributed by atoms with E-state index in [2.05, 4.69) is 25.2 Å². The Hall–Kier alpha value is -2.53. The number of nitrogens with one attached hydrogen (secondary N) is 2. The van der Waals surface area contributed by atoms with Gasteiger partial charge in [0, 0.05) is 23.8 Å². The van der Waals surface area contributed by atoms with Crippen molar-refractivity contribution >= 4 is 16.9 Å². The van der Waals surface area contributed by atoms with Gasteiger partial charge < -0.3 is 19.1 Å². The summed E-state index contributed by atoms with van der Waals surface area (Å²) in [5.74, 6) is 0.971. The highest BCUT2D eigenvalue weighted by molar-refractivity contribution is 5.89. The fourth-order valence-electron chi connectivity index (χ4n) is 4.09. The van der Waals surface area contributed by atoms with Crippen LogP contribution in [0.3, 0.4) is 0 Å². The quantitative estimate of drug-likeness (QED) is 0.704. The van der Waals surface area contributed by atoms with E-state index in [0.717, 1.165) is 40.9 Å². The number of hydrogen-bond acceptors (Lipinski definition) is 3. The Balaban J connectivity index is 1.44. The summed E-state index contributed by atoms with van der Waals surface area (Å²) in [6.45, 7) is 6.98. The SMILES string of the molecule is Cc1ccc2c(CC(=O)NC[C@@H](c3ccco3)[NH+]3CCCC3)coc2c1C. The molecule has 27 heavy (non-hydrogen) atoms. The molecule has 0 radical (unpaired) electrons. The number of carbonyl (C=O) groups is 1. The first-order valence-electron chi connectivity index (χ1n) is 9.74. The Morgan fingerprint density at radius 1 is 1.19 bits per heavy atom. The predicted molar refractivity (Wildman–Crippen MR) is 104 cm³/mol. The summed E-state index contributed by atoms with van der Waals surface area (Å²) in [6, 6.07) is 8.23. The highest BCUT2D eigenvalue weighted by Crippen LogP contribution is 2.26. The van der Waals surface area contributed by atoms with Crippen LogP contribution in [0.2, 0.25) is 0 Å². The molecule has 0 unspecified atom stereocenters. The molecule has 1 atom stereocenters. The minimum atomic E-state index is 0.0195. The zero-order valence-corrected chi connectivity index (χ0v) is 16.0. The molecule has 0 bridgehead atoms. The van der Waals surface area contributed by atoms with Gasteiger partial charge in [-0.05, 0) is 37.1 Å². The highest BCUT2D eigenvalue weighted by Gasteiger charge is 2.29. The van der Waals surface area contributed by atoms with Crippen LogP contribution in [0.25, 0.3) is 11.0 Å². The van der Waals surface area contributed by atoms with Crippen LogP contribution in [0.4, 0.5) is 0 Å². The molecule has 0 aliphatic carbocycles. The smallest absolute Gasteiger partial charge is 0.224 e. The Labute approximate surface area is 159 Å². The van der Waals surface area contributed by atoms with Crippen LogP contribution < -0.4 is 10.2 Å². The Kier molecular flexibility index (Phi) is 5.03. The third-order valence-corrected chi connectivity index (χ3v) is 5.82. The first kappa shape index (κ1) is 17.9. The van der Waals surface area contributed by atoms with E-state index in [1.807, 2.05) is 18.2 Å². The number of likely N-dealkylation sites (tertiary alicyclic amines) is 1. The number of hydrogen-bond donors (Lipinski definition) is 2. The molecule has 0 saturated carbocycles. The van der Waals surface area contributed by atoms with Gasteiger partial charge in [0.15, 0.2) is 11.8 Å². The molecule has 1 aromatic carbocycles. The number of furan rings is 2. The zero-order chi connectivity index (χ0) is 18.8. The summed E-state index contributed by atoms with van der Waals surface area (Å²) in [6.07, 6.45) is 6.23. The number of fused-ring (bicyclic) bond motifs is 1. The zero-order valence-electron chi connectivity index (χ0n) is 16.0. The first-order valence-corrected chi connectivity index (χ1v) is 9.74. The number of aryl methyl sites for hydroxylation is 2. The highest BCUT2D eigenvalue weighted by atomic mass is 16.3. The summed E-state index contributed by atoms with van der Waals surface area (Å²) >= 11 is 0. The van der Waals surface area contributed by atoms with Gasteiger partial charge in [-0.2, -0.15) is 0 Å². The third-order valence-electron chi connectivity index (χ3n) is 5.82. The van der Waals surface area contributed by atoms with Crippen LogP contribution in [-0.2, 0) is 11.2 Å². The molecule has 1 aliphatic heterocycles. The molecule has 1 aliphatic rings. The second kappa shape index (κ2) is 7.61.